The molecule has 41 heavy (non-hydrogen) atoms. The number of piperidine rings is 1. The number of fused-ring (bicyclic) bond motifs is 1. The number of aromatic nitrogens is 2. The van der Waals surface area contributed by atoms with Crippen molar-refractivity contribution in [3.05, 3.63) is 64.0 Å². The number of halogens is 2. The largest absolute Gasteiger partial charge is 0.453 e. The van der Waals surface area contributed by atoms with Gasteiger partial charge < -0.3 is 14.8 Å². The van der Waals surface area contributed by atoms with E-state index in [1.54, 1.807) is 10.6 Å². The van der Waals surface area contributed by atoms with Crippen molar-refractivity contribution in [1.29, 1.82) is 5.26 Å². The van der Waals surface area contributed by atoms with Crippen LogP contribution in [-0.4, -0.2) is 60.3 Å². The van der Waals surface area contributed by atoms with E-state index in [0.29, 0.717) is 18.5 Å². The number of nitrogens with one attached hydrogen (secondary N) is 1. The minimum Gasteiger partial charge on any atom is -0.453 e. The number of benzene rings is 2. The van der Waals surface area contributed by atoms with Crippen LogP contribution in [0.15, 0.2) is 41.5 Å². The van der Waals surface area contributed by atoms with Gasteiger partial charge in [-0.25, -0.2) is 18.9 Å². The molecule has 14 heteroatoms. The lowest BCUT2D eigenvalue weighted by Gasteiger charge is -2.32. The molecular formula is C27H28F2N6O5S. The fraction of sp³-hybridized carbons (Fsp3) is 0.444. The number of hydrogen-bond donors (Lipinski definition) is 2. The Bertz CT molecular complexity index is 1720. The minimum absolute atomic E-state index is 0.0470. The lowest BCUT2D eigenvalue weighted by molar-refractivity contribution is -0.0196. The number of ether oxygens (including phenoxy) is 2. The molecule has 6 rings (SSSR count). The average molecular weight is 587 g/mol. The number of rotatable bonds is 5. The van der Waals surface area contributed by atoms with E-state index in [1.165, 1.54) is 18.5 Å². The molecule has 11 nitrogen and oxygen atoms in total. The quantitative estimate of drug-likeness (QED) is 0.463. The Hall–Kier alpha value is -3.48. The van der Waals surface area contributed by atoms with Crippen LogP contribution in [0.5, 0.6) is 11.5 Å². The number of nitrogens with zero attached hydrogens (tertiary/aromatic N) is 4. The van der Waals surface area contributed by atoms with Gasteiger partial charge in [0, 0.05) is 6.54 Å². The van der Waals surface area contributed by atoms with Crippen molar-refractivity contribution in [1.82, 2.24) is 19.2 Å². The molecule has 3 fully saturated rings. The van der Waals surface area contributed by atoms with E-state index in [9.17, 15) is 22.9 Å². The van der Waals surface area contributed by atoms with E-state index < -0.39 is 34.0 Å². The Balaban J connectivity index is 1.35. The van der Waals surface area contributed by atoms with Crippen molar-refractivity contribution in [3.8, 4) is 17.6 Å². The number of alkyl halides is 1. The van der Waals surface area contributed by atoms with Crippen molar-refractivity contribution < 1.29 is 26.7 Å². The topological polar surface area (TPSA) is 153 Å². The number of nitriles is 1. The van der Waals surface area contributed by atoms with Crippen LogP contribution in [0, 0.1) is 17.1 Å². The second kappa shape index (κ2) is 10.4. The highest BCUT2D eigenvalue weighted by molar-refractivity contribution is 7.86. The predicted molar refractivity (Wildman–Crippen MR) is 144 cm³/mol. The maximum absolute atomic E-state index is 15.0. The second-order valence-corrected chi connectivity index (χ2v) is 12.2. The van der Waals surface area contributed by atoms with E-state index in [-0.39, 0.29) is 52.4 Å². The van der Waals surface area contributed by atoms with Gasteiger partial charge in [0.15, 0.2) is 11.6 Å². The van der Waals surface area contributed by atoms with Gasteiger partial charge in [0.25, 0.3) is 15.8 Å². The Morgan fingerprint density at radius 2 is 2.02 bits per heavy atom. The summed E-state index contributed by atoms with van der Waals surface area (Å²) in [6, 6.07) is 6.78. The van der Waals surface area contributed by atoms with E-state index in [4.69, 9.17) is 14.6 Å². The highest BCUT2D eigenvalue weighted by atomic mass is 32.2. The van der Waals surface area contributed by atoms with Gasteiger partial charge in [-0.2, -0.15) is 18.0 Å². The van der Waals surface area contributed by atoms with Gasteiger partial charge in [-0.05, 0) is 68.6 Å². The van der Waals surface area contributed by atoms with Crippen molar-refractivity contribution >= 4 is 21.1 Å². The van der Waals surface area contributed by atoms with Crippen molar-refractivity contribution in [2.45, 2.75) is 49.5 Å². The SMILES string of the molecule is N#Cc1c(C2C(F)CCN2S(N)(=O)=O)ccc(F)c1Oc1ccc2ncn([C@H]3COC4(CCNCC4)C3)c(=O)c2c1. The Morgan fingerprint density at radius 1 is 1.24 bits per heavy atom. The van der Waals surface area contributed by atoms with Gasteiger partial charge in [0.2, 0.25) is 0 Å². The van der Waals surface area contributed by atoms with Gasteiger partial charge in [0.05, 0.1) is 41.5 Å². The second-order valence-electron chi connectivity index (χ2n) is 10.7. The fourth-order valence-corrected chi connectivity index (χ4v) is 7.11. The molecule has 0 radical (unpaired) electrons. The summed E-state index contributed by atoms with van der Waals surface area (Å²) in [7, 11) is -4.30. The normalized spacial score (nSPS) is 24.6. The molecule has 0 aliphatic carbocycles. The molecule has 0 amide bonds. The molecule has 3 atom stereocenters. The average Bonchev–Trinajstić information content (AvgIpc) is 3.54. The summed E-state index contributed by atoms with van der Waals surface area (Å²) in [5, 5.41) is 18.7. The Morgan fingerprint density at radius 3 is 2.76 bits per heavy atom. The highest BCUT2D eigenvalue weighted by Crippen LogP contribution is 2.42. The van der Waals surface area contributed by atoms with E-state index in [0.717, 1.165) is 42.4 Å². The zero-order valence-corrected chi connectivity index (χ0v) is 22.7. The molecule has 216 valence electrons. The molecule has 1 spiro atoms. The van der Waals surface area contributed by atoms with Crippen LogP contribution in [0.4, 0.5) is 8.78 Å². The van der Waals surface area contributed by atoms with Crippen LogP contribution < -0.4 is 20.8 Å². The van der Waals surface area contributed by atoms with Crippen LogP contribution in [-0.2, 0) is 14.9 Å². The van der Waals surface area contributed by atoms with Gasteiger partial charge >= 0.3 is 0 Å². The standard InChI is InChI=1S/C27H28F2N6O5S/c28-21-5-10-35(41(31,37)38)24(21)18-2-3-22(29)25(20(18)13-30)40-17-1-4-23-19(11-17)26(36)34(15-33-23)16-12-27(39-14-16)6-8-32-9-7-27/h1-4,11,15-16,21,24,32H,5-10,12,14H2,(H2,31,37,38)/t16-,21?,24?/m1/s1. The third-order valence-corrected chi connectivity index (χ3v) is 9.31. The van der Waals surface area contributed by atoms with Gasteiger partial charge in [0.1, 0.15) is 23.6 Å². The van der Waals surface area contributed by atoms with Crippen molar-refractivity contribution in [2.75, 3.05) is 26.2 Å². The smallest absolute Gasteiger partial charge is 0.277 e. The molecule has 3 saturated heterocycles. The lowest BCUT2D eigenvalue weighted by Crippen LogP contribution is -2.41. The zero-order chi connectivity index (χ0) is 28.9. The molecule has 3 aliphatic rings. The van der Waals surface area contributed by atoms with Gasteiger partial charge in [-0.15, -0.1) is 0 Å². The molecule has 2 aromatic carbocycles. The van der Waals surface area contributed by atoms with Crippen molar-refractivity contribution in [3.63, 3.8) is 0 Å². The minimum atomic E-state index is -4.30. The first-order chi connectivity index (χ1) is 19.6. The molecule has 3 N–H and O–H groups in total. The molecule has 2 unspecified atom stereocenters. The zero-order valence-electron chi connectivity index (χ0n) is 21.9. The first-order valence-corrected chi connectivity index (χ1v) is 14.8. The van der Waals surface area contributed by atoms with Gasteiger partial charge in [-0.3, -0.25) is 9.36 Å². The third-order valence-electron chi connectivity index (χ3n) is 8.25. The maximum Gasteiger partial charge on any atom is 0.277 e. The highest BCUT2D eigenvalue weighted by Gasteiger charge is 2.43. The molecule has 4 heterocycles. The molecule has 0 saturated carbocycles. The Kier molecular flexibility index (Phi) is 7.03. The summed E-state index contributed by atoms with van der Waals surface area (Å²) in [4.78, 5) is 18.0. The van der Waals surface area contributed by atoms with Crippen LogP contribution in [0.3, 0.4) is 0 Å². The summed E-state index contributed by atoms with van der Waals surface area (Å²) in [6.45, 7) is 1.91. The van der Waals surface area contributed by atoms with Crippen LogP contribution in [0.2, 0.25) is 0 Å². The maximum atomic E-state index is 15.0. The van der Waals surface area contributed by atoms with E-state index >= 15 is 4.39 Å². The molecule has 1 aromatic heterocycles. The van der Waals surface area contributed by atoms with Crippen LogP contribution >= 0.6 is 0 Å². The van der Waals surface area contributed by atoms with Crippen LogP contribution in [0.1, 0.15) is 48.9 Å². The number of hydrogen-bond acceptors (Lipinski definition) is 8. The van der Waals surface area contributed by atoms with E-state index in [1.807, 2.05) is 6.07 Å². The summed E-state index contributed by atoms with van der Waals surface area (Å²) in [6.07, 6.45) is 2.13. The summed E-state index contributed by atoms with van der Waals surface area (Å²) < 4.78 is 68.3. The van der Waals surface area contributed by atoms with Gasteiger partial charge in [-0.1, -0.05) is 6.07 Å². The summed E-state index contributed by atoms with van der Waals surface area (Å²) >= 11 is 0. The van der Waals surface area contributed by atoms with E-state index in [2.05, 4.69) is 10.3 Å². The lowest BCUT2D eigenvalue weighted by atomic mass is 9.88. The monoisotopic (exact) mass is 586 g/mol. The fourth-order valence-electron chi connectivity index (χ4n) is 6.18. The molecular weight excluding hydrogens is 558 g/mol. The van der Waals surface area contributed by atoms with Crippen molar-refractivity contribution in [2.24, 2.45) is 5.14 Å². The third kappa shape index (κ3) is 4.98. The molecule has 3 aromatic rings. The summed E-state index contributed by atoms with van der Waals surface area (Å²) in [5.74, 6) is -1.38. The molecule has 3 aliphatic heterocycles. The molecule has 0 bridgehead atoms. The number of nitrogens with two attached hydrogens (primary N) is 1. The first-order valence-electron chi connectivity index (χ1n) is 13.3. The Labute approximate surface area is 234 Å². The predicted octanol–water partition coefficient (Wildman–Crippen LogP) is 2.57. The summed E-state index contributed by atoms with van der Waals surface area (Å²) in [5.41, 5.74) is -0.612. The van der Waals surface area contributed by atoms with Crippen LogP contribution in [0.25, 0.3) is 10.9 Å². The first kappa shape index (κ1) is 27.7.